The summed E-state index contributed by atoms with van der Waals surface area (Å²) in [6.45, 7) is 7.89. The average molecular weight is 378 g/mol. The number of likely N-dealkylation sites (N-methyl/N-ethyl adjacent to an activating group) is 1. The zero-order chi connectivity index (χ0) is 18.5. The van der Waals surface area contributed by atoms with Crippen LogP contribution in [0.3, 0.4) is 0 Å². The quantitative estimate of drug-likeness (QED) is 0.735. The second kappa shape index (κ2) is 8.66. The average Bonchev–Trinajstić information content (AvgIpc) is 3.20. The van der Waals surface area contributed by atoms with Crippen LogP contribution in [0.2, 0.25) is 0 Å². The van der Waals surface area contributed by atoms with Crippen LogP contribution in [-0.2, 0) is 16.1 Å². The Bertz CT molecular complexity index is 762. The van der Waals surface area contributed by atoms with E-state index in [-0.39, 0.29) is 18.4 Å². The minimum atomic E-state index is -0.388. The summed E-state index contributed by atoms with van der Waals surface area (Å²) >= 11 is 1.52. The fourth-order valence-electron chi connectivity index (χ4n) is 3.13. The summed E-state index contributed by atoms with van der Waals surface area (Å²) in [5, 5.41) is 5.89. The molecule has 0 bridgehead atoms. The topological polar surface area (TPSA) is 66.8 Å². The lowest BCUT2D eigenvalue weighted by Gasteiger charge is -2.32. The van der Waals surface area contributed by atoms with Gasteiger partial charge in [-0.2, -0.15) is 0 Å². The third-order valence-corrected chi connectivity index (χ3v) is 5.59. The molecule has 26 heavy (non-hydrogen) atoms. The number of esters is 1. The van der Waals surface area contributed by atoms with Crippen molar-refractivity contribution in [2.75, 3.05) is 52.9 Å². The molecule has 1 amide bonds. The molecule has 1 N–H and O–H groups in total. The smallest absolute Gasteiger partial charge is 0.355 e. The molecule has 1 aliphatic heterocycles. The number of carbonyl (C=O) groups excluding carboxylic acids is 2. The van der Waals surface area contributed by atoms with Crippen LogP contribution in [0.15, 0.2) is 17.5 Å². The molecule has 142 valence electrons. The number of fused-ring (bicyclic) bond motifs is 1. The van der Waals surface area contributed by atoms with Gasteiger partial charge < -0.3 is 19.5 Å². The van der Waals surface area contributed by atoms with Crippen molar-refractivity contribution in [2.45, 2.75) is 13.5 Å². The summed E-state index contributed by atoms with van der Waals surface area (Å²) in [6, 6.07) is 3.74. The van der Waals surface area contributed by atoms with Gasteiger partial charge in [-0.3, -0.25) is 9.69 Å². The molecule has 2 aromatic rings. The van der Waals surface area contributed by atoms with E-state index in [2.05, 4.69) is 22.2 Å². The van der Waals surface area contributed by atoms with E-state index in [1.807, 2.05) is 11.4 Å². The van der Waals surface area contributed by atoms with Crippen molar-refractivity contribution in [3.63, 3.8) is 0 Å². The molecule has 3 rings (SSSR count). The summed E-state index contributed by atoms with van der Waals surface area (Å²) in [5.41, 5.74) is 0.433. The molecule has 0 atom stereocenters. The zero-order valence-corrected chi connectivity index (χ0v) is 16.2. The van der Waals surface area contributed by atoms with Crippen molar-refractivity contribution in [2.24, 2.45) is 0 Å². The Kier molecular flexibility index (Phi) is 6.29. The monoisotopic (exact) mass is 378 g/mol. The highest BCUT2D eigenvalue weighted by Crippen LogP contribution is 2.25. The molecule has 7 nitrogen and oxygen atoms in total. The van der Waals surface area contributed by atoms with E-state index < -0.39 is 0 Å². The van der Waals surface area contributed by atoms with E-state index in [1.165, 1.54) is 11.3 Å². The van der Waals surface area contributed by atoms with Gasteiger partial charge in [0, 0.05) is 44.7 Å². The number of hydrogen-bond donors (Lipinski definition) is 1. The van der Waals surface area contributed by atoms with Gasteiger partial charge >= 0.3 is 5.97 Å². The predicted molar refractivity (Wildman–Crippen MR) is 103 cm³/mol. The van der Waals surface area contributed by atoms with Gasteiger partial charge in [0.1, 0.15) is 17.1 Å². The summed E-state index contributed by atoms with van der Waals surface area (Å²) in [6.07, 6.45) is 0. The molecule has 8 heteroatoms. The Labute approximate surface area is 157 Å². The number of ether oxygens (including phenoxy) is 1. The van der Waals surface area contributed by atoms with Crippen LogP contribution in [0.4, 0.5) is 0 Å². The predicted octanol–water partition coefficient (Wildman–Crippen LogP) is 1.24. The number of nitrogens with zero attached hydrogens (tertiary/aromatic N) is 3. The molecule has 0 spiro atoms. The fourth-order valence-corrected chi connectivity index (χ4v) is 4.03. The molecule has 1 fully saturated rings. The van der Waals surface area contributed by atoms with Crippen LogP contribution in [0.25, 0.3) is 10.2 Å². The second-order valence-electron chi connectivity index (χ2n) is 6.51. The number of carbonyl (C=O) groups is 2. The third kappa shape index (κ3) is 4.44. The maximum atomic E-state index is 12.4. The van der Waals surface area contributed by atoms with E-state index in [4.69, 9.17) is 4.74 Å². The maximum absolute atomic E-state index is 12.4. The molecule has 2 aromatic heterocycles. The molecule has 0 saturated carbocycles. The minimum Gasteiger partial charge on any atom is -0.461 e. The molecular formula is C18H26N4O3S. The summed E-state index contributed by atoms with van der Waals surface area (Å²) in [4.78, 5) is 30.2. The van der Waals surface area contributed by atoms with Crippen molar-refractivity contribution >= 4 is 33.4 Å². The van der Waals surface area contributed by atoms with Gasteiger partial charge in [-0.25, -0.2) is 4.79 Å². The first kappa shape index (κ1) is 18.9. The number of aromatic nitrogens is 1. The highest BCUT2D eigenvalue weighted by Gasteiger charge is 2.19. The molecule has 1 aliphatic rings. The van der Waals surface area contributed by atoms with Crippen LogP contribution in [0.1, 0.15) is 17.4 Å². The van der Waals surface area contributed by atoms with E-state index in [0.717, 1.165) is 42.9 Å². The molecule has 0 aromatic carbocycles. The minimum absolute atomic E-state index is 0.0874. The SMILES string of the molecule is CCOC(=O)c1cc2ccsc2n1CC(=O)NCCN1CCN(C)CC1. The largest absolute Gasteiger partial charge is 0.461 e. The zero-order valence-electron chi connectivity index (χ0n) is 15.4. The van der Waals surface area contributed by atoms with Gasteiger partial charge in [-0.05, 0) is 31.5 Å². The highest BCUT2D eigenvalue weighted by molar-refractivity contribution is 7.16. The summed E-state index contributed by atoms with van der Waals surface area (Å²) in [7, 11) is 2.13. The molecule has 0 unspecified atom stereocenters. The fraction of sp³-hybridized carbons (Fsp3) is 0.556. The number of amides is 1. The van der Waals surface area contributed by atoms with Crippen LogP contribution in [0.5, 0.6) is 0 Å². The Morgan fingerprint density at radius 2 is 2.04 bits per heavy atom. The number of nitrogens with one attached hydrogen (secondary N) is 1. The number of hydrogen-bond acceptors (Lipinski definition) is 6. The van der Waals surface area contributed by atoms with Gasteiger partial charge in [0.15, 0.2) is 0 Å². The molecule has 0 radical (unpaired) electrons. The Morgan fingerprint density at radius 3 is 2.77 bits per heavy atom. The van der Waals surface area contributed by atoms with Crippen molar-refractivity contribution in [3.8, 4) is 0 Å². The van der Waals surface area contributed by atoms with Gasteiger partial charge in [-0.1, -0.05) is 0 Å². The summed E-state index contributed by atoms with van der Waals surface area (Å²) in [5.74, 6) is -0.475. The number of thiophene rings is 1. The number of piperazine rings is 1. The Hall–Kier alpha value is -1.90. The van der Waals surface area contributed by atoms with Crippen molar-refractivity contribution in [3.05, 3.63) is 23.2 Å². The lowest BCUT2D eigenvalue weighted by atomic mass is 10.3. The third-order valence-electron chi connectivity index (χ3n) is 4.63. The van der Waals surface area contributed by atoms with Crippen LogP contribution >= 0.6 is 11.3 Å². The van der Waals surface area contributed by atoms with Crippen LogP contribution in [0, 0.1) is 0 Å². The molecule has 3 heterocycles. The van der Waals surface area contributed by atoms with Crippen LogP contribution in [-0.4, -0.2) is 79.2 Å². The first-order valence-corrected chi connectivity index (χ1v) is 9.88. The summed E-state index contributed by atoms with van der Waals surface area (Å²) < 4.78 is 6.87. The van der Waals surface area contributed by atoms with Gasteiger partial charge in [0.25, 0.3) is 0 Å². The normalized spacial score (nSPS) is 16.1. The van der Waals surface area contributed by atoms with Crippen molar-refractivity contribution in [1.29, 1.82) is 0 Å². The van der Waals surface area contributed by atoms with Crippen molar-refractivity contribution < 1.29 is 14.3 Å². The Balaban J connectivity index is 1.57. The van der Waals surface area contributed by atoms with Gasteiger partial charge in [-0.15, -0.1) is 11.3 Å². The van der Waals surface area contributed by atoms with Crippen LogP contribution < -0.4 is 5.32 Å². The molecule has 1 saturated heterocycles. The lowest BCUT2D eigenvalue weighted by molar-refractivity contribution is -0.121. The highest BCUT2D eigenvalue weighted by atomic mass is 32.1. The van der Waals surface area contributed by atoms with E-state index in [9.17, 15) is 9.59 Å². The number of rotatable bonds is 7. The van der Waals surface area contributed by atoms with E-state index >= 15 is 0 Å². The Morgan fingerprint density at radius 1 is 1.27 bits per heavy atom. The first-order chi connectivity index (χ1) is 12.6. The maximum Gasteiger partial charge on any atom is 0.355 e. The van der Waals surface area contributed by atoms with E-state index in [1.54, 1.807) is 17.6 Å². The van der Waals surface area contributed by atoms with Crippen molar-refractivity contribution in [1.82, 2.24) is 19.7 Å². The lowest BCUT2D eigenvalue weighted by Crippen LogP contribution is -2.47. The first-order valence-electron chi connectivity index (χ1n) is 9.00. The van der Waals surface area contributed by atoms with E-state index in [0.29, 0.717) is 18.8 Å². The molecular weight excluding hydrogens is 352 g/mol. The van der Waals surface area contributed by atoms with Gasteiger partial charge in [0.2, 0.25) is 5.91 Å². The molecule has 0 aliphatic carbocycles. The second-order valence-corrected chi connectivity index (χ2v) is 7.41. The van der Waals surface area contributed by atoms with Gasteiger partial charge in [0.05, 0.1) is 6.61 Å². The standard InChI is InChI=1S/C18H26N4O3S/c1-3-25-18(24)15-12-14-4-11-26-17(14)22(15)13-16(23)19-5-6-21-9-7-20(2)8-10-21/h4,11-12H,3,5-10,13H2,1-2H3,(H,19,23).